The lowest BCUT2D eigenvalue weighted by Gasteiger charge is -2.07. The average molecular weight is 258 g/mol. The van der Waals surface area contributed by atoms with Crippen LogP contribution in [0, 0.1) is 11.6 Å². The summed E-state index contributed by atoms with van der Waals surface area (Å²) in [6.07, 6.45) is -0.181. The first-order valence-electron chi connectivity index (χ1n) is 5.67. The topological polar surface area (TPSA) is 28.7 Å². The van der Waals surface area contributed by atoms with Crippen LogP contribution >= 0.6 is 0 Å². The maximum atomic E-state index is 13.4. The quantitative estimate of drug-likeness (QED) is 0.775. The molecule has 1 aromatic carbocycles. The molecule has 1 N–H and O–H groups in total. The predicted molar refractivity (Wildman–Crippen MR) is 57.5 cm³/mol. The van der Waals surface area contributed by atoms with Gasteiger partial charge in [-0.3, -0.25) is 0 Å². The molecular formula is C12H10F4N2. The van der Waals surface area contributed by atoms with E-state index in [-0.39, 0.29) is 23.9 Å². The number of nitrogens with zero attached hydrogens (tertiary/aromatic N) is 1. The van der Waals surface area contributed by atoms with Crippen molar-refractivity contribution in [3.8, 4) is 0 Å². The van der Waals surface area contributed by atoms with Gasteiger partial charge in [0.15, 0.2) is 5.82 Å². The van der Waals surface area contributed by atoms with Crippen molar-refractivity contribution in [1.29, 1.82) is 0 Å². The van der Waals surface area contributed by atoms with Gasteiger partial charge in [-0.1, -0.05) is 0 Å². The van der Waals surface area contributed by atoms with Crippen LogP contribution in [-0.4, -0.2) is 15.9 Å². The average Bonchev–Trinajstić information content (AvgIpc) is 2.81. The number of aromatic nitrogens is 2. The van der Waals surface area contributed by atoms with Crippen LogP contribution in [0.4, 0.5) is 17.6 Å². The van der Waals surface area contributed by atoms with Gasteiger partial charge in [-0.25, -0.2) is 22.5 Å². The van der Waals surface area contributed by atoms with Crippen molar-refractivity contribution in [3.05, 3.63) is 29.6 Å². The van der Waals surface area contributed by atoms with Gasteiger partial charge in [-0.05, 0) is 12.5 Å². The molecule has 0 amide bonds. The van der Waals surface area contributed by atoms with Gasteiger partial charge in [0.1, 0.15) is 17.2 Å². The molecule has 0 spiro atoms. The lowest BCUT2D eigenvalue weighted by atomic mass is 10.1. The molecule has 0 bridgehead atoms. The number of fused-ring (bicyclic) bond motifs is 1. The largest absolute Gasteiger partial charge is 0.342 e. The molecule has 18 heavy (non-hydrogen) atoms. The normalized spacial score (nSPS) is 22.8. The lowest BCUT2D eigenvalue weighted by molar-refractivity contribution is 0.00756. The van der Waals surface area contributed by atoms with Gasteiger partial charge in [0, 0.05) is 24.8 Å². The van der Waals surface area contributed by atoms with E-state index in [2.05, 4.69) is 9.97 Å². The minimum atomic E-state index is -2.69. The van der Waals surface area contributed by atoms with Crippen LogP contribution in [-0.2, 0) is 0 Å². The molecular weight excluding hydrogens is 248 g/mol. The van der Waals surface area contributed by atoms with Gasteiger partial charge in [0.2, 0.25) is 5.92 Å². The van der Waals surface area contributed by atoms with E-state index in [0.717, 1.165) is 12.1 Å². The number of nitrogens with one attached hydrogen (secondary N) is 1. The molecule has 1 fully saturated rings. The Morgan fingerprint density at radius 1 is 1.28 bits per heavy atom. The zero-order valence-corrected chi connectivity index (χ0v) is 9.31. The molecule has 2 nitrogen and oxygen atoms in total. The molecule has 1 unspecified atom stereocenters. The Morgan fingerprint density at radius 3 is 2.72 bits per heavy atom. The van der Waals surface area contributed by atoms with Gasteiger partial charge >= 0.3 is 0 Å². The summed E-state index contributed by atoms with van der Waals surface area (Å²) in [5, 5.41) is 0. The number of rotatable bonds is 1. The van der Waals surface area contributed by atoms with Crippen LogP contribution in [0.2, 0.25) is 0 Å². The van der Waals surface area contributed by atoms with Crippen LogP contribution < -0.4 is 0 Å². The van der Waals surface area contributed by atoms with Crippen molar-refractivity contribution in [2.45, 2.75) is 31.1 Å². The fourth-order valence-electron chi connectivity index (χ4n) is 2.44. The van der Waals surface area contributed by atoms with E-state index in [0.29, 0.717) is 12.2 Å². The number of alkyl halides is 2. The number of halogens is 4. The summed E-state index contributed by atoms with van der Waals surface area (Å²) in [6, 6.07) is 1.85. The molecule has 1 atom stereocenters. The predicted octanol–water partition coefficient (Wildman–Crippen LogP) is 3.74. The fourth-order valence-corrected chi connectivity index (χ4v) is 2.44. The van der Waals surface area contributed by atoms with Gasteiger partial charge in [-0.2, -0.15) is 0 Å². The molecule has 0 saturated heterocycles. The van der Waals surface area contributed by atoms with Crippen LogP contribution in [0.3, 0.4) is 0 Å². The molecule has 0 aliphatic heterocycles. The highest BCUT2D eigenvalue weighted by atomic mass is 19.3. The van der Waals surface area contributed by atoms with Crippen molar-refractivity contribution < 1.29 is 17.6 Å². The first-order chi connectivity index (χ1) is 8.44. The summed E-state index contributed by atoms with van der Waals surface area (Å²) in [7, 11) is 0. The Kier molecular flexibility index (Phi) is 2.36. The molecule has 0 radical (unpaired) electrons. The third kappa shape index (κ3) is 1.85. The number of aromatic amines is 1. The van der Waals surface area contributed by atoms with E-state index in [4.69, 9.17) is 0 Å². The van der Waals surface area contributed by atoms with E-state index in [1.165, 1.54) is 0 Å². The molecule has 1 aromatic heterocycles. The van der Waals surface area contributed by atoms with Crippen molar-refractivity contribution in [2.24, 2.45) is 0 Å². The van der Waals surface area contributed by atoms with Crippen molar-refractivity contribution in [2.75, 3.05) is 0 Å². The number of benzene rings is 1. The summed E-state index contributed by atoms with van der Waals surface area (Å²) in [5.74, 6) is -4.29. The van der Waals surface area contributed by atoms with Crippen molar-refractivity contribution >= 4 is 11.0 Å². The second kappa shape index (κ2) is 3.70. The first kappa shape index (κ1) is 11.5. The van der Waals surface area contributed by atoms with Crippen LogP contribution in [0.15, 0.2) is 12.1 Å². The first-order valence-corrected chi connectivity index (χ1v) is 5.67. The summed E-state index contributed by atoms with van der Waals surface area (Å²) >= 11 is 0. The van der Waals surface area contributed by atoms with Crippen molar-refractivity contribution in [3.63, 3.8) is 0 Å². The van der Waals surface area contributed by atoms with Gasteiger partial charge in [0.25, 0.3) is 0 Å². The smallest absolute Gasteiger partial charge is 0.248 e. The van der Waals surface area contributed by atoms with E-state index < -0.39 is 23.5 Å². The highest BCUT2D eigenvalue weighted by Crippen LogP contribution is 2.43. The fraction of sp³-hybridized carbons (Fsp3) is 0.417. The molecule has 96 valence electrons. The number of H-pyrrole nitrogens is 1. The summed E-state index contributed by atoms with van der Waals surface area (Å²) in [5.41, 5.74) is 0.208. The summed E-state index contributed by atoms with van der Waals surface area (Å²) in [4.78, 5) is 6.70. The number of hydrogen-bond acceptors (Lipinski definition) is 1. The van der Waals surface area contributed by atoms with E-state index >= 15 is 0 Å². The van der Waals surface area contributed by atoms with E-state index in [1.54, 1.807) is 0 Å². The minimum absolute atomic E-state index is 0.00150. The van der Waals surface area contributed by atoms with Gasteiger partial charge < -0.3 is 4.98 Å². The summed E-state index contributed by atoms with van der Waals surface area (Å²) < 4.78 is 52.6. The Bertz CT molecular complexity index is 605. The number of hydrogen-bond donors (Lipinski definition) is 1. The van der Waals surface area contributed by atoms with Gasteiger partial charge in [-0.15, -0.1) is 0 Å². The maximum absolute atomic E-state index is 13.4. The SMILES string of the molecule is Fc1cc(F)c2nc(C3CCC(F)(F)C3)[nH]c2c1. The highest BCUT2D eigenvalue weighted by molar-refractivity contribution is 5.75. The molecule has 2 aromatic rings. The molecule has 1 saturated carbocycles. The standard InChI is InChI=1S/C12H10F4N2/c13-7-3-8(14)10-9(4-7)17-11(18-10)6-1-2-12(15,16)5-6/h3-4,6H,1-2,5H2,(H,17,18). The van der Waals surface area contributed by atoms with E-state index in [1.807, 2.05) is 0 Å². The minimum Gasteiger partial charge on any atom is -0.342 e. The molecule has 1 heterocycles. The number of imidazole rings is 1. The lowest BCUT2D eigenvalue weighted by Crippen LogP contribution is -2.09. The Morgan fingerprint density at radius 2 is 2.06 bits per heavy atom. The Hall–Kier alpha value is -1.59. The second-order valence-electron chi connectivity index (χ2n) is 4.70. The zero-order chi connectivity index (χ0) is 12.9. The van der Waals surface area contributed by atoms with Crippen LogP contribution in [0.25, 0.3) is 11.0 Å². The van der Waals surface area contributed by atoms with Crippen LogP contribution in [0.5, 0.6) is 0 Å². The monoisotopic (exact) mass is 258 g/mol. The second-order valence-corrected chi connectivity index (χ2v) is 4.70. The maximum Gasteiger partial charge on any atom is 0.248 e. The zero-order valence-electron chi connectivity index (χ0n) is 9.31. The Labute approximate surface area is 100 Å². The highest BCUT2D eigenvalue weighted by Gasteiger charge is 2.41. The third-order valence-electron chi connectivity index (χ3n) is 3.31. The summed E-state index contributed by atoms with van der Waals surface area (Å²) in [6.45, 7) is 0. The molecule has 3 rings (SSSR count). The Balaban J connectivity index is 2.02. The molecule has 1 aliphatic carbocycles. The molecule has 6 heteroatoms. The molecule has 1 aliphatic rings. The van der Waals surface area contributed by atoms with E-state index in [9.17, 15) is 17.6 Å². The van der Waals surface area contributed by atoms with Gasteiger partial charge in [0.05, 0.1) is 5.52 Å². The van der Waals surface area contributed by atoms with Crippen LogP contribution in [0.1, 0.15) is 31.0 Å². The third-order valence-corrected chi connectivity index (χ3v) is 3.31. The van der Waals surface area contributed by atoms with Crippen molar-refractivity contribution in [1.82, 2.24) is 9.97 Å².